The van der Waals surface area contributed by atoms with Gasteiger partial charge in [-0.1, -0.05) is 30.3 Å². The van der Waals surface area contributed by atoms with E-state index < -0.39 is 0 Å². The summed E-state index contributed by atoms with van der Waals surface area (Å²) in [6.45, 7) is 0. The number of nitrogens with zero attached hydrogens (tertiary/aromatic N) is 2. The fourth-order valence-corrected chi connectivity index (χ4v) is 4.03. The van der Waals surface area contributed by atoms with Gasteiger partial charge in [-0.05, 0) is 60.4 Å². The molecule has 1 aliphatic carbocycles. The maximum absolute atomic E-state index is 6.35. The molecule has 4 aromatic rings. The Kier molecular flexibility index (Phi) is 3.75. The molecule has 0 bridgehead atoms. The van der Waals surface area contributed by atoms with Crippen LogP contribution in [0.25, 0.3) is 10.9 Å². The summed E-state index contributed by atoms with van der Waals surface area (Å²) in [5, 5.41) is 4.43. The second kappa shape index (κ2) is 6.40. The summed E-state index contributed by atoms with van der Waals surface area (Å²) in [4.78, 5) is 9.00. The fourth-order valence-electron chi connectivity index (χ4n) is 4.03. The summed E-state index contributed by atoms with van der Waals surface area (Å²) in [5.74, 6) is 1.78. The number of nitrogen functional groups attached to an aromatic ring is 1. The van der Waals surface area contributed by atoms with Crippen LogP contribution in [0.1, 0.15) is 29.0 Å². The normalized spacial score (nSPS) is 15.6. The molecule has 1 atom stereocenters. The summed E-state index contributed by atoms with van der Waals surface area (Å²) >= 11 is 0. The zero-order chi connectivity index (χ0) is 18.2. The van der Waals surface area contributed by atoms with Crippen LogP contribution in [-0.2, 0) is 6.42 Å². The van der Waals surface area contributed by atoms with Gasteiger partial charge in [-0.25, -0.2) is 9.97 Å². The molecule has 4 nitrogen and oxygen atoms in total. The van der Waals surface area contributed by atoms with Crippen LogP contribution in [0.15, 0.2) is 72.9 Å². The van der Waals surface area contributed by atoms with E-state index in [1.165, 1.54) is 11.1 Å². The molecular weight excluding hydrogens is 332 g/mol. The van der Waals surface area contributed by atoms with Crippen LogP contribution in [0.2, 0.25) is 0 Å². The summed E-state index contributed by atoms with van der Waals surface area (Å²) in [5.41, 5.74) is 12.2. The van der Waals surface area contributed by atoms with Gasteiger partial charge in [0.1, 0.15) is 11.6 Å². The molecule has 0 amide bonds. The highest BCUT2D eigenvalue weighted by Gasteiger charge is 2.25. The molecule has 2 aromatic carbocycles. The van der Waals surface area contributed by atoms with Crippen molar-refractivity contribution < 1.29 is 0 Å². The molecule has 2 aromatic heterocycles. The number of anilines is 3. The number of benzene rings is 2. The molecule has 0 aliphatic heterocycles. The van der Waals surface area contributed by atoms with Gasteiger partial charge in [0.05, 0.1) is 5.52 Å². The summed E-state index contributed by atoms with van der Waals surface area (Å²) in [7, 11) is 0. The van der Waals surface area contributed by atoms with Crippen LogP contribution in [0.3, 0.4) is 0 Å². The zero-order valence-corrected chi connectivity index (χ0v) is 14.9. The highest BCUT2D eigenvalue weighted by molar-refractivity contribution is 5.86. The second-order valence-electron chi connectivity index (χ2n) is 7.00. The van der Waals surface area contributed by atoms with Crippen molar-refractivity contribution >= 4 is 28.2 Å². The van der Waals surface area contributed by atoms with E-state index in [1.807, 2.05) is 30.3 Å². The molecule has 0 saturated heterocycles. The first-order chi connectivity index (χ1) is 13.3. The van der Waals surface area contributed by atoms with Crippen molar-refractivity contribution in [2.24, 2.45) is 0 Å². The lowest BCUT2D eigenvalue weighted by atomic mass is 9.92. The third kappa shape index (κ3) is 2.89. The number of aromatic nitrogens is 2. The lowest BCUT2D eigenvalue weighted by molar-refractivity contribution is 0.788. The van der Waals surface area contributed by atoms with Crippen molar-refractivity contribution in [3.8, 4) is 0 Å². The van der Waals surface area contributed by atoms with Gasteiger partial charge in [-0.15, -0.1) is 0 Å². The molecule has 0 unspecified atom stereocenters. The lowest BCUT2D eigenvalue weighted by Crippen LogP contribution is -2.04. The molecule has 132 valence electrons. The summed E-state index contributed by atoms with van der Waals surface area (Å²) in [6, 6.07) is 22.8. The molecule has 1 aliphatic rings. The Bertz CT molecular complexity index is 1120. The quantitative estimate of drug-likeness (QED) is 0.542. The van der Waals surface area contributed by atoms with Crippen LogP contribution in [-0.4, -0.2) is 9.97 Å². The van der Waals surface area contributed by atoms with Crippen molar-refractivity contribution in [1.82, 2.24) is 9.97 Å². The van der Waals surface area contributed by atoms with E-state index in [0.717, 1.165) is 40.8 Å². The van der Waals surface area contributed by atoms with Gasteiger partial charge in [-0.3, -0.25) is 0 Å². The first kappa shape index (κ1) is 15.8. The van der Waals surface area contributed by atoms with Crippen molar-refractivity contribution in [2.75, 3.05) is 11.1 Å². The van der Waals surface area contributed by atoms with Crippen LogP contribution in [0.5, 0.6) is 0 Å². The number of aryl methyl sites for hydroxylation is 1. The molecule has 3 N–H and O–H groups in total. The number of pyridine rings is 2. The Labute approximate surface area is 158 Å². The van der Waals surface area contributed by atoms with Gasteiger partial charge in [0, 0.05) is 28.8 Å². The molecule has 0 saturated carbocycles. The van der Waals surface area contributed by atoms with Gasteiger partial charge >= 0.3 is 0 Å². The van der Waals surface area contributed by atoms with Gasteiger partial charge in [-0.2, -0.15) is 0 Å². The third-order valence-corrected chi connectivity index (χ3v) is 5.32. The smallest absolute Gasteiger partial charge is 0.130 e. The molecular formula is C23H20N4. The minimum Gasteiger partial charge on any atom is -0.383 e. The van der Waals surface area contributed by atoms with Crippen LogP contribution in [0.4, 0.5) is 17.3 Å². The van der Waals surface area contributed by atoms with E-state index in [4.69, 9.17) is 5.73 Å². The number of hydrogen-bond donors (Lipinski definition) is 2. The van der Waals surface area contributed by atoms with E-state index in [0.29, 0.717) is 11.7 Å². The van der Waals surface area contributed by atoms with E-state index in [-0.39, 0.29) is 0 Å². The highest BCUT2D eigenvalue weighted by Crippen LogP contribution is 2.40. The van der Waals surface area contributed by atoms with Crippen molar-refractivity contribution in [2.45, 2.75) is 18.8 Å². The topological polar surface area (TPSA) is 63.8 Å². The standard InChI is InChI=1S/C23H20N4/c24-23-20(19-10-8-15-5-1-2-6-18(15)19)14-16-13-17(9-11-21(16)27-23)26-22-7-3-4-12-25-22/h1-7,9,11-14,19H,8,10H2,(H2,24,27)(H,25,26)/t19-/m1/s1. The minimum atomic E-state index is 0.325. The van der Waals surface area contributed by atoms with Gasteiger partial charge in [0.25, 0.3) is 0 Å². The lowest BCUT2D eigenvalue weighted by Gasteiger charge is -2.16. The zero-order valence-electron chi connectivity index (χ0n) is 14.9. The molecule has 0 radical (unpaired) electrons. The Morgan fingerprint density at radius 1 is 0.926 bits per heavy atom. The number of rotatable bonds is 3. The van der Waals surface area contributed by atoms with Crippen molar-refractivity contribution in [1.29, 1.82) is 0 Å². The van der Waals surface area contributed by atoms with E-state index in [1.54, 1.807) is 6.20 Å². The van der Waals surface area contributed by atoms with Crippen LogP contribution >= 0.6 is 0 Å². The number of fused-ring (bicyclic) bond motifs is 2. The molecule has 5 rings (SSSR count). The third-order valence-electron chi connectivity index (χ3n) is 5.32. The number of nitrogens with two attached hydrogens (primary N) is 1. The maximum Gasteiger partial charge on any atom is 0.130 e. The Hall–Kier alpha value is -3.40. The largest absolute Gasteiger partial charge is 0.383 e. The number of nitrogens with one attached hydrogen (secondary N) is 1. The van der Waals surface area contributed by atoms with Gasteiger partial charge in [0.2, 0.25) is 0 Å². The predicted molar refractivity (Wildman–Crippen MR) is 110 cm³/mol. The first-order valence-corrected chi connectivity index (χ1v) is 9.24. The molecule has 4 heteroatoms. The maximum atomic E-state index is 6.35. The fraction of sp³-hybridized carbons (Fsp3) is 0.130. The Morgan fingerprint density at radius 3 is 2.70 bits per heavy atom. The Balaban J connectivity index is 1.55. The second-order valence-corrected chi connectivity index (χ2v) is 7.00. The van der Waals surface area contributed by atoms with Gasteiger partial charge < -0.3 is 11.1 Å². The Morgan fingerprint density at radius 2 is 1.81 bits per heavy atom. The van der Waals surface area contributed by atoms with Gasteiger partial charge in [0.15, 0.2) is 0 Å². The highest BCUT2D eigenvalue weighted by atomic mass is 15.0. The SMILES string of the molecule is Nc1nc2ccc(Nc3ccccn3)cc2cc1[C@@H]1CCc2ccccc21. The molecule has 0 spiro atoms. The molecule has 0 fully saturated rings. The van der Waals surface area contributed by atoms with E-state index >= 15 is 0 Å². The summed E-state index contributed by atoms with van der Waals surface area (Å²) < 4.78 is 0. The molecule has 27 heavy (non-hydrogen) atoms. The number of hydrogen-bond acceptors (Lipinski definition) is 4. The predicted octanol–water partition coefficient (Wildman–Crippen LogP) is 5.03. The van der Waals surface area contributed by atoms with Crippen LogP contribution in [0, 0.1) is 0 Å². The van der Waals surface area contributed by atoms with Crippen molar-refractivity contribution in [3.63, 3.8) is 0 Å². The minimum absolute atomic E-state index is 0.325. The van der Waals surface area contributed by atoms with Crippen molar-refractivity contribution in [3.05, 3.63) is 89.6 Å². The van der Waals surface area contributed by atoms with E-state index in [9.17, 15) is 0 Å². The van der Waals surface area contributed by atoms with Crippen LogP contribution < -0.4 is 11.1 Å². The average molecular weight is 352 g/mol. The van der Waals surface area contributed by atoms with E-state index in [2.05, 4.69) is 51.7 Å². The summed E-state index contributed by atoms with van der Waals surface area (Å²) in [6.07, 6.45) is 3.96. The monoisotopic (exact) mass is 352 g/mol. The molecule has 2 heterocycles. The first-order valence-electron chi connectivity index (χ1n) is 9.24. The average Bonchev–Trinajstić information content (AvgIpc) is 3.12.